The third kappa shape index (κ3) is 3.66. The lowest BCUT2D eigenvalue weighted by Gasteiger charge is -2.10. The largest absolute Gasteiger partial charge is 0.451 e. The zero-order valence-corrected chi connectivity index (χ0v) is 13.1. The number of hydrogen-bond donors (Lipinski definition) is 2. The van der Waals surface area contributed by atoms with E-state index < -0.39 is 12.0 Å². The number of unbranched alkanes of at least 4 members (excludes halogenated alkanes) is 1. The van der Waals surface area contributed by atoms with Gasteiger partial charge in [-0.25, -0.2) is 15.0 Å². The number of alkyl halides is 3. The summed E-state index contributed by atoms with van der Waals surface area (Å²) in [6, 6.07) is 1.74. The number of fused-ring (bicyclic) bond motifs is 1. The lowest BCUT2D eigenvalue weighted by molar-refractivity contribution is -0.144. The van der Waals surface area contributed by atoms with Gasteiger partial charge in [-0.05, 0) is 25.8 Å². The van der Waals surface area contributed by atoms with Crippen LogP contribution in [0.2, 0.25) is 0 Å². The molecule has 24 heavy (non-hydrogen) atoms. The van der Waals surface area contributed by atoms with Crippen molar-refractivity contribution in [3.63, 3.8) is 0 Å². The number of aromatic nitrogens is 5. The molecule has 0 bridgehead atoms. The van der Waals surface area contributed by atoms with Crippen LogP contribution >= 0.6 is 0 Å². The number of nitrogens with zero attached hydrogens (tertiary/aromatic N) is 4. The fourth-order valence-corrected chi connectivity index (χ4v) is 2.45. The molecule has 2 N–H and O–H groups in total. The third-order valence-electron chi connectivity index (χ3n) is 3.57. The molecule has 128 valence electrons. The van der Waals surface area contributed by atoms with E-state index in [1.807, 2.05) is 10.8 Å². The monoisotopic (exact) mass is 338 g/mol. The summed E-state index contributed by atoms with van der Waals surface area (Å²) in [7, 11) is 0. The first-order valence-electron chi connectivity index (χ1n) is 7.57. The topological polar surface area (TPSA) is 71.4 Å². The summed E-state index contributed by atoms with van der Waals surface area (Å²) in [5, 5.41) is 3.56. The second-order valence-corrected chi connectivity index (χ2v) is 5.54. The van der Waals surface area contributed by atoms with E-state index in [0.29, 0.717) is 11.9 Å². The molecule has 0 radical (unpaired) electrons. The smallest absolute Gasteiger partial charge is 0.369 e. The van der Waals surface area contributed by atoms with Crippen molar-refractivity contribution in [2.75, 3.05) is 11.9 Å². The van der Waals surface area contributed by atoms with Gasteiger partial charge >= 0.3 is 6.18 Å². The van der Waals surface area contributed by atoms with Gasteiger partial charge in [0.1, 0.15) is 11.5 Å². The Kier molecular flexibility index (Phi) is 4.41. The van der Waals surface area contributed by atoms with Crippen LogP contribution in [0.25, 0.3) is 11.0 Å². The summed E-state index contributed by atoms with van der Waals surface area (Å²) in [4.78, 5) is 14.0. The molecule has 0 atom stereocenters. The molecule has 9 heteroatoms. The molecule has 3 rings (SSSR count). The average Bonchev–Trinajstić information content (AvgIpc) is 3.13. The van der Waals surface area contributed by atoms with Gasteiger partial charge in [0.25, 0.3) is 0 Å². The van der Waals surface area contributed by atoms with Gasteiger partial charge in [-0.15, -0.1) is 0 Å². The van der Waals surface area contributed by atoms with Crippen LogP contribution in [-0.2, 0) is 12.7 Å². The number of imidazole rings is 1. The Morgan fingerprint density at radius 3 is 2.79 bits per heavy atom. The van der Waals surface area contributed by atoms with E-state index in [1.54, 1.807) is 25.5 Å². The molecule has 0 aliphatic carbocycles. The molecule has 0 spiro atoms. The Balaban J connectivity index is 1.68. The molecule has 0 saturated carbocycles. The van der Waals surface area contributed by atoms with E-state index in [-0.39, 0.29) is 11.5 Å². The van der Waals surface area contributed by atoms with Gasteiger partial charge in [0.15, 0.2) is 0 Å². The molecule has 0 amide bonds. The lowest BCUT2D eigenvalue weighted by atomic mass is 10.3. The van der Waals surface area contributed by atoms with Crippen molar-refractivity contribution in [3.8, 4) is 0 Å². The molecule has 0 fully saturated rings. The van der Waals surface area contributed by atoms with Crippen LogP contribution in [0.15, 0.2) is 24.8 Å². The Labute approximate surface area is 136 Å². The zero-order valence-electron chi connectivity index (χ0n) is 13.1. The maximum absolute atomic E-state index is 12.9. The number of anilines is 1. The predicted octanol–water partition coefficient (Wildman–Crippen LogP) is 3.37. The molecule has 0 aliphatic rings. The number of nitrogens with one attached hydrogen (secondary N) is 2. The number of hydrogen-bond acceptors (Lipinski definition) is 4. The van der Waals surface area contributed by atoms with Crippen molar-refractivity contribution in [2.24, 2.45) is 0 Å². The number of aryl methyl sites for hydroxylation is 2. The molecular formula is C15H17F3N6. The van der Waals surface area contributed by atoms with Gasteiger partial charge in [-0.1, -0.05) is 0 Å². The lowest BCUT2D eigenvalue weighted by Crippen LogP contribution is -2.14. The highest BCUT2D eigenvalue weighted by Gasteiger charge is 2.35. The average molecular weight is 338 g/mol. The van der Waals surface area contributed by atoms with E-state index in [0.717, 1.165) is 25.1 Å². The first kappa shape index (κ1) is 16.3. The van der Waals surface area contributed by atoms with Crippen LogP contribution in [-0.4, -0.2) is 31.0 Å². The van der Waals surface area contributed by atoms with E-state index in [2.05, 4.69) is 25.3 Å². The number of halogens is 3. The van der Waals surface area contributed by atoms with Crippen molar-refractivity contribution in [2.45, 2.75) is 32.5 Å². The third-order valence-corrected chi connectivity index (χ3v) is 3.57. The summed E-state index contributed by atoms with van der Waals surface area (Å²) in [6.07, 6.45) is 2.43. The molecule has 3 aromatic rings. The van der Waals surface area contributed by atoms with Crippen molar-refractivity contribution in [1.29, 1.82) is 0 Å². The number of rotatable bonds is 6. The van der Waals surface area contributed by atoms with Gasteiger partial charge in [0.2, 0.25) is 5.82 Å². The highest BCUT2D eigenvalue weighted by atomic mass is 19.4. The SMILES string of the molecule is Cc1cc2c(NCCCCn3ccnc3)nc(C(F)(F)F)nc2[nH]1. The molecule has 3 aromatic heterocycles. The van der Waals surface area contributed by atoms with Crippen molar-refractivity contribution < 1.29 is 13.2 Å². The minimum Gasteiger partial charge on any atom is -0.369 e. The van der Waals surface area contributed by atoms with Crippen molar-refractivity contribution in [1.82, 2.24) is 24.5 Å². The highest BCUT2D eigenvalue weighted by molar-refractivity contribution is 5.87. The zero-order chi connectivity index (χ0) is 17.2. The van der Waals surface area contributed by atoms with Crippen LogP contribution in [0.3, 0.4) is 0 Å². The van der Waals surface area contributed by atoms with Gasteiger partial charge in [-0.3, -0.25) is 0 Å². The van der Waals surface area contributed by atoms with Crippen LogP contribution in [0, 0.1) is 6.92 Å². The molecule has 0 aliphatic heterocycles. The van der Waals surface area contributed by atoms with Gasteiger partial charge in [0.05, 0.1) is 11.7 Å². The normalized spacial score (nSPS) is 12.0. The van der Waals surface area contributed by atoms with E-state index in [9.17, 15) is 13.2 Å². The first-order valence-corrected chi connectivity index (χ1v) is 7.57. The quantitative estimate of drug-likeness (QED) is 0.676. The Morgan fingerprint density at radius 2 is 2.08 bits per heavy atom. The summed E-state index contributed by atoms with van der Waals surface area (Å²) in [5.41, 5.74) is 0.928. The molecule has 0 unspecified atom stereocenters. The molecular weight excluding hydrogens is 321 g/mol. The summed E-state index contributed by atoms with van der Waals surface area (Å²) >= 11 is 0. The van der Waals surface area contributed by atoms with Crippen molar-refractivity contribution in [3.05, 3.63) is 36.3 Å². The minimum atomic E-state index is -4.58. The second kappa shape index (κ2) is 6.50. The Bertz CT molecular complexity index is 807. The minimum absolute atomic E-state index is 0.191. The van der Waals surface area contributed by atoms with E-state index in [1.165, 1.54) is 0 Å². The molecule has 3 heterocycles. The van der Waals surface area contributed by atoms with Crippen molar-refractivity contribution >= 4 is 16.9 Å². The summed E-state index contributed by atoms with van der Waals surface area (Å²) < 4.78 is 40.7. The summed E-state index contributed by atoms with van der Waals surface area (Å²) in [6.45, 7) is 3.12. The Hall–Kier alpha value is -2.58. The van der Waals surface area contributed by atoms with Crippen LogP contribution in [0.5, 0.6) is 0 Å². The van der Waals surface area contributed by atoms with E-state index >= 15 is 0 Å². The number of H-pyrrole nitrogens is 1. The number of aromatic amines is 1. The van der Waals surface area contributed by atoms with Crippen LogP contribution in [0.1, 0.15) is 24.4 Å². The maximum atomic E-state index is 12.9. The second-order valence-electron chi connectivity index (χ2n) is 5.54. The summed E-state index contributed by atoms with van der Waals surface area (Å²) in [5.74, 6) is -0.933. The standard InChI is InChI=1S/C15H17F3N6/c1-10-8-11-12(20-4-2-3-6-24-7-5-19-9-24)22-14(15(16,17)18)23-13(11)21-10/h5,7-9H,2-4,6H2,1H3,(H2,20,21,22,23). The fourth-order valence-electron chi connectivity index (χ4n) is 2.45. The Morgan fingerprint density at radius 1 is 1.25 bits per heavy atom. The maximum Gasteiger partial charge on any atom is 0.451 e. The molecule has 6 nitrogen and oxygen atoms in total. The van der Waals surface area contributed by atoms with Crippen LogP contribution < -0.4 is 5.32 Å². The fraction of sp³-hybridized carbons (Fsp3) is 0.400. The van der Waals surface area contributed by atoms with Gasteiger partial charge < -0.3 is 14.9 Å². The van der Waals surface area contributed by atoms with Crippen LogP contribution in [0.4, 0.5) is 19.0 Å². The first-order chi connectivity index (χ1) is 11.4. The van der Waals surface area contributed by atoms with E-state index in [4.69, 9.17) is 0 Å². The molecule has 0 aromatic carbocycles. The molecule has 0 saturated heterocycles. The van der Waals surface area contributed by atoms with Gasteiger partial charge in [0, 0.05) is 31.2 Å². The predicted molar refractivity (Wildman–Crippen MR) is 83.6 cm³/mol. The highest BCUT2D eigenvalue weighted by Crippen LogP contribution is 2.30. The van der Waals surface area contributed by atoms with Gasteiger partial charge in [-0.2, -0.15) is 13.2 Å².